The highest BCUT2D eigenvalue weighted by Gasteiger charge is 2.30. The Bertz CT molecular complexity index is 634. The maximum Gasteiger partial charge on any atom is 0.322 e. The molecule has 0 aliphatic heterocycles. The molecule has 1 aromatic rings. The van der Waals surface area contributed by atoms with E-state index >= 15 is 0 Å². The second-order valence-electron chi connectivity index (χ2n) is 4.38. The molecular weight excluding hydrogens is 360 g/mol. The number of carbonyl (C=O) groups is 1. The van der Waals surface area contributed by atoms with Crippen molar-refractivity contribution in [2.24, 2.45) is 5.92 Å². The van der Waals surface area contributed by atoms with Crippen molar-refractivity contribution < 1.29 is 27.1 Å². The molecule has 0 aromatic heterocycles. The molecule has 0 saturated carbocycles. The number of halogens is 3. The van der Waals surface area contributed by atoms with E-state index in [2.05, 4.69) is 15.9 Å². The van der Waals surface area contributed by atoms with E-state index in [-0.39, 0.29) is 4.47 Å². The minimum absolute atomic E-state index is 0.229. The average Bonchev–Trinajstić information content (AvgIpc) is 2.30. The van der Waals surface area contributed by atoms with Gasteiger partial charge in [0.1, 0.15) is 22.6 Å². The summed E-state index contributed by atoms with van der Waals surface area (Å²) in [6.07, 6.45) is 0. The molecule has 0 spiro atoms. The van der Waals surface area contributed by atoms with Crippen LogP contribution in [0.2, 0.25) is 0 Å². The van der Waals surface area contributed by atoms with Crippen molar-refractivity contribution in [1.82, 2.24) is 4.72 Å². The molecule has 0 aliphatic rings. The van der Waals surface area contributed by atoms with Crippen molar-refractivity contribution in [3.63, 3.8) is 0 Å². The molecular formula is C11H12BrF2NO4S. The average molecular weight is 372 g/mol. The Morgan fingerprint density at radius 1 is 1.30 bits per heavy atom. The van der Waals surface area contributed by atoms with E-state index < -0.39 is 44.5 Å². The molecule has 0 saturated heterocycles. The number of sulfonamides is 1. The van der Waals surface area contributed by atoms with E-state index in [0.29, 0.717) is 12.1 Å². The number of hydrogen-bond donors (Lipinski definition) is 2. The van der Waals surface area contributed by atoms with Crippen LogP contribution >= 0.6 is 15.9 Å². The Kier molecular flexibility index (Phi) is 5.22. The largest absolute Gasteiger partial charge is 0.480 e. The smallest absolute Gasteiger partial charge is 0.322 e. The maximum absolute atomic E-state index is 13.6. The first-order valence-corrected chi connectivity index (χ1v) is 7.73. The predicted octanol–water partition coefficient (Wildman–Crippen LogP) is 2.11. The number of aliphatic carboxylic acids is 1. The third-order valence-electron chi connectivity index (χ3n) is 2.48. The lowest BCUT2D eigenvalue weighted by Gasteiger charge is -2.18. The van der Waals surface area contributed by atoms with Crippen molar-refractivity contribution in [1.29, 1.82) is 0 Å². The van der Waals surface area contributed by atoms with Gasteiger partial charge in [-0.2, -0.15) is 4.72 Å². The van der Waals surface area contributed by atoms with Crippen LogP contribution in [0.3, 0.4) is 0 Å². The highest BCUT2D eigenvalue weighted by Crippen LogP contribution is 2.23. The summed E-state index contributed by atoms with van der Waals surface area (Å²) in [6.45, 7) is 2.97. The number of rotatable bonds is 5. The van der Waals surface area contributed by atoms with Crippen LogP contribution in [0.25, 0.3) is 0 Å². The first-order valence-electron chi connectivity index (χ1n) is 5.46. The third-order valence-corrected chi connectivity index (χ3v) is 4.54. The van der Waals surface area contributed by atoms with Crippen LogP contribution in [0.5, 0.6) is 0 Å². The Labute approximate surface area is 123 Å². The van der Waals surface area contributed by atoms with Gasteiger partial charge in [0.15, 0.2) is 0 Å². The summed E-state index contributed by atoms with van der Waals surface area (Å²) in [5.74, 6) is -4.12. The van der Waals surface area contributed by atoms with Gasteiger partial charge in [-0.3, -0.25) is 4.79 Å². The van der Waals surface area contributed by atoms with Gasteiger partial charge in [0, 0.05) is 0 Å². The predicted molar refractivity (Wildman–Crippen MR) is 70.6 cm³/mol. The minimum atomic E-state index is -4.49. The molecule has 0 aliphatic carbocycles. The molecule has 5 nitrogen and oxygen atoms in total. The molecule has 0 bridgehead atoms. The van der Waals surface area contributed by atoms with Crippen molar-refractivity contribution in [3.8, 4) is 0 Å². The van der Waals surface area contributed by atoms with Crippen LogP contribution in [0.4, 0.5) is 8.78 Å². The standard InChI is InChI=1S/C11H12BrF2NO4S/c1-5(2)10(11(16)17)15-20(18,19)9-4-7(13)6(12)3-8(9)14/h3-5,10,15H,1-2H3,(H,16,17)/t10-/m1/s1. The van der Waals surface area contributed by atoms with Gasteiger partial charge < -0.3 is 5.11 Å². The molecule has 20 heavy (non-hydrogen) atoms. The van der Waals surface area contributed by atoms with E-state index in [0.717, 1.165) is 0 Å². The molecule has 1 atom stereocenters. The molecule has 112 valence electrons. The zero-order valence-electron chi connectivity index (χ0n) is 10.5. The number of carboxylic acid groups (broad SMARTS) is 1. The van der Waals surface area contributed by atoms with Crippen LogP contribution < -0.4 is 4.72 Å². The van der Waals surface area contributed by atoms with E-state index in [1.807, 2.05) is 4.72 Å². The van der Waals surface area contributed by atoms with Crippen LogP contribution in [0.1, 0.15) is 13.8 Å². The zero-order chi connectivity index (χ0) is 15.7. The van der Waals surface area contributed by atoms with Gasteiger partial charge >= 0.3 is 5.97 Å². The van der Waals surface area contributed by atoms with Crippen LogP contribution in [-0.4, -0.2) is 25.5 Å². The first-order chi connectivity index (χ1) is 9.06. The van der Waals surface area contributed by atoms with E-state index in [4.69, 9.17) is 5.11 Å². The number of hydrogen-bond acceptors (Lipinski definition) is 3. The lowest BCUT2D eigenvalue weighted by Crippen LogP contribution is -2.44. The zero-order valence-corrected chi connectivity index (χ0v) is 12.9. The normalized spacial score (nSPS) is 13.5. The van der Waals surface area contributed by atoms with Gasteiger partial charge in [0.2, 0.25) is 10.0 Å². The summed E-state index contributed by atoms with van der Waals surface area (Å²) >= 11 is 2.72. The maximum atomic E-state index is 13.6. The van der Waals surface area contributed by atoms with Gasteiger partial charge in [-0.1, -0.05) is 13.8 Å². The van der Waals surface area contributed by atoms with Gasteiger partial charge in [-0.15, -0.1) is 0 Å². The molecule has 0 unspecified atom stereocenters. The second kappa shape index (κ2) is 6.15. The van der Waals surface area contributed by atoms with Crippen molar-refractivity contribution in [3.05, 3.63) is 28.2 Å². The summed E-state index contributed by atoms with van der Waals surface area (Å²) in [4.78, 5) is 10.0. The fourth-order valence-corrected chi connectivity index (χ4v) is 3.14. The number of nitrogens with one attached hydrogen (secondary N) is 1. The van der Waals surface area contributed by atoms with Gasteiger partial charge in [-0.05, 0) is 34.0 Å². The lowest BCUT2D eigenvalue weighted by molar-refractivity contribution is -0.140. The first kappa shape index (κ1) is 17.0. The molecule has 0 amide bonds. The van der Waals surface area contributed by atoms with E-state index in [1.165, 1.54) is 13.8 Å². The Hall–Kier alpha value is -1.06. The summed E-state index contributed by atoms with van der Waals surface area (Å²) in [6, 6.07) is -0.290. The van der Waals surface area contributed by atoms with Crippen LogP contribution in [0, 0.1) is 17.6 Å². The van der Waals surface area contributed by atoms with Crippen molar-refractivity contribution in [2.45, 2.75) is 24.8 Å². The Morgan fingerprint density at radius 3 is 2.30 bits per heavy atom. The summed E-state index contributed by atoms with van der Waals surface area (Å²) in [5.41, 5.74) is 0. The molecule has 1 rings (SSSR count). The summed E-state index contributed by atoms with van der Waals surface area (Å²) in [5, 5.41) is 8.92. The monoisotopic (exact) mass is 371 g/mol. The topological polar surface area (TPSA) is 83.5 Å². The fraction of sp³-hybridized carbons (Fsp3) is 0.364. The second-order valence-corrected chi connectivity index (χ2v) is 6.91. The van der Waals surface area contributed by atoms with Gasteiger partial charge in [0.25, 0.3) is 0 Å². The van der Waals surface area contributed by atoms with E-state index in [9.17, 15) is 22.0 Å². The fourth-order valence-electron chi connectivity index (χ4n) is 1.41. The minimum Gasteiger partial charge on any atom is -0.480 e. The van der Waals surface area contributed by atoms with E-state index in [1.54, 1.807) is 0 Å². The lowest BCUT2D eigenvalue weighted by atomic mass is 10.1. The molecule has 1 aromatic carbocycles. The molecule has 9 heteroatoms. The summed E-state index contributed by atoms with van der Waals surface area (Å²) in [7, 11) is -4.49. The quantitative estimate of drug-likeness (QED) is 0.776. The molecule has 0 fully saturated rings. The van der Waals surface area contributed by atoms with Crippen molar-refractivity contribution in [2.75, 3.05) is 0 Å². The van der Waals surface area contributed by atoms with Gasteiger partial charge in [-0.25, -0.2) is 17.2 Å². The third kappa shape index (κ3) is 3.74. The summed E-state index contributed by atoms with van der Waals surface area (Å²) < 4.78 is 52.4. The van der Waals surface area contributed by atoms with Crippen LogP contribution in [-0.2, 0) is 14.8 Å². The SMILES string of the molecule is CC(C)[C@@H](NS(=O)(=O)c1cc(F)c(Br)cc1F)C(=O)O. The Morgan fingerprint density at radius 2 is 1.85 bits per heavy atom. The van der Waals surface area contributed by atoms with Gasteiger partial charge in [0.05, 0.1) is 4.47 Å². The Balaban J connectivity index is 3.24. The molecule has 0 radical (unpaired) electrons. The number of carboxylic acids is 1. The highest BCUT2D eigenvalue weighted by atomic mass is 79.9. The molecule has 0 heterocycles. The molecule has 2 N–H and O–H groups in total. The number of benzene rings is 1. The van der Waals surface area contributed by atoms with Crippen molar-refractivity contribution >= 4 is 31.9 Å². The highest BCUT2D eigenvalue weighted by molar-refractivity contribution is 9.10. The van der Waals surface area contributed by atoms with Crippen LogP contribution in [0.15, 0.2) is 21.5 Å².